The average molecular weight is 275 g/mol. The van der Waals surface area contributed by atoms with Crippen LogP contribution in [0.15, 0.2) is 36.4 Å². The molecule has 0 saturated heterocycles. The Morgan fingerprint density at radius 1 is 1.21 bits per heavy atom. The zero-order valence-electron chi connectivity index (χ0n) is 10.2. The van der Waals surface area contributed by atoms with Crippen molar-refractivity contribution in [1.29, 1.82) is 0 Å². The van der Waals surface area contributed by atoms with Gasteiger partial charge in [0.05, 0.1) is 12.3 Å². The van der Waals surface area contributed by atoms with Gasteiger partial charge in [0, 0.05) is 11.6 Å². The van der Waals surface area contributed by atoms with Crippen molar-refractivity contribution in [2.75, 3.05) is 6.61 Å². The number of benzene rings is 1. The predicted molar refractivity (Wildman–Crippen MR) is 72.4 cm³/mol. The molecule has 0 unspecified atom stereocenters. The van der Waals surface area contributed by atoms with Crippen molar-refractivity contribution in [3.05, 3.63) is 41.6 Å². The summed E-state index contributed by atoms with van der Waals surface area (Å²) >= 11 is 6.19. The molecule has 0 saturated carbocycles. The third kappa shape index (κ3) is 2.24. The lowest BCUT2D eigenvalue weighted by atomic mass is 10.1. The van der Waals surface area contributed by atoms with Crippen LogP contribution in [0, 0.1) is 0 Å². The lowest BCUT2D eigenvalue weighted by Crippen LogP contribution is -1.95. The zero-order chi connectivity index (χ0) is 13.2. The summed E-state index contributed by atoms with van der Waals surface area (Å²) < 4.78 is 6.71. The maximum absolute atomic E-state index is 6.19. The van der Waals surface area contributed by atoms with E-state index in [2.05, 4.69) is 15.1 Å². The molecule has 0 aliphatic heterocycles. The molecule has 1 aromatic carbocycles. The quantitative estimate of drug-likeness (QED) is 0.689. The van der Waals surface area contributed by atoms with E-state index in [1.807, 2.05) is 37.3 Å². The number of ether oxygens (including phenoxy) is 1. The van der Waals surface area contributed by atoms with Crippen molar-refractivity contribution in [1.82, 2.24) is 19.6 Å². The molecule has 0 bridgehead atoms. The molecule has 0 spiro atoms. The highest BCUT2D eigenvalue weighted by Crippen LogP contribution is 2.22. The number of rotatable bonds is 3. The number of aromatic nitrogens is 4. The van der Waals surface area contributed by atoms with Crippen LogP contribution in [0.3, 0.4) is 0 Å². The Morgan fingerprint density at radius 2 is 2.00 bits per heavy atom. The Morgan fingerprint density at radius 3 is 2.74 bits per heavy atom. The van der Waals surface area contributed by atoms with E-state index in [0.29, 0.717) is 17.5 Å². The standard InChI is InChI=1S/C13H11ClN4O/c1-2-19-13-16-12-15-10(8-11(14)18(12)17-13)9-6-4-3-5-7-9/h3-8H,2H2,1H3. The molecule has 6 heteroatoms. The van der Waals surface area contributed by atoms with Gasteiger partial charge < -0.3 is 4.74 Å². The molecule has 0 N–H and O–H groups in total. The molecule has 19 heavy (non-hydrogen) atoms. The van der Waals surface area contributed by atoms with Crippen LogP contribution in [-0.2, 0) is 0 Å². The van der Waals surface area contributed by atoms with Crippen molar-refractivity contribution >= 4 is 17.4 Å². The van der Waals surface area contributed by atoms with E-state index in [4.69, 9.17) is 16.3 Å². The Kier molecular flexibility index (Phi) is 3.05. The van der Waals surface area contributed by atoms with Crippen LogP contribution in [0.25, 0.3) is 17.0 Å². The first-order chi connectivity index (χ1) is 9.28. The molecule has 2 aromatic heterocycles. The van der Waals surface area contributed by atoms with Gasteiger partial charge in [-0.15, -0.1) is 5.10 Å². The van der Waals surface area contributed by atoms with Gasteiger partial charge in [-0.25, -0.2) is 4.98 Å². The molecule has 3 rings (SSSR count). The zero-order valence-corrected chi connectivity index (χ0v) is 11.0. The van der Waals surface area contributed by atoms with E-state index in [-0.39, 0.29) is 6.01 Å². The lowest BCUT2D eigenvalue weighted by Gasteiger charge is -2.01. The number of hydrogen-bond acceptors (Lipinski definition) is 4. The molecule has 96 valence electrons. The Hall–Kier alpha value is -2.14. The van der Waals surface area contributed by atoms with Gasteiger partial charge >= 0.3 is 6.01 Å². The average Bonchev–Trinajstić information content (AvgIpc) is 2.83. The van der Waals surface area contributed by atoms with E-state index in [0.717, 1.165) is 11.3 Å². The molecule has 0 radical (unpaired) electrons. The molecule has 5 nitrogen and oxygen atoms in total. The Labute approximate surface area is 114 Å². The first-order valence-corrected chi connectivity index (χ1v) is 6.27. The van der Waals surface area contributed by atoms with E-state index >= 15 is 0 Å². The lowest BCUT2D eigenvalue weighted by molar-refractivity contribution is 0.313. The highest BCUT2D eigenvalue weighted by Gasteiger charge is 2.11. The van der Waals surface area contributed by atoms with E-state index < -0.39 is 0 Å². The SMILES string of the molecule is CCOc1nc2nc(-c3ccccc3)cc(Cl)n2n1. The monoisotopic (exact) mass is 274 g/mol. The molecule has 0 aliphatic rings. The molecule has 0 atom stereocenters. The number of hydrogen-bond donors (Lipinski definition) is 0. The summed E-state index contributed by atoms with van der Waals surface area (Å²) in [5.74, 6) is 0.426. The minimum Gasteiger partial charge on any atom is -0.463 e. The second-order valence-electron chi connectivity index (χ2n) is 3.87. The fraction of sp³-hybridized carbons (Fsp3) is 0.154. The normalized spacial score (nSPS) is 10.8. The summed E-state index contributed by atoms with van der Waals surface area (Å²) in [6.07, 6.45) is 0. The van der Waals surface area contributed by atoms with Crippen LogP contribution < -0.4 is 4.74 Å². The topological polar surface area (TPSA) is 52.3 Å². The van der Waals surface area contributed by atoms with Crippen molar-refractivity contribution in [3.8, 4) is 17.3 Å². The number of nitrogens with zero attached hydrogens (tertiary/aromatic N) is 4. The summed E-state index contributed by atoms with van der Waals surface area (Å²) in [5, 5.41) is 4.57. The first-order valence-electron chi connectivity index (χ1n) is 5.89. The number of fused-ring (bicyclic) bond motifs is 1. The highest BCUT2D eigenvalue weighted by atomic mass is 35.5. The van der Waals surface area contributed by atoms with Crippen LogP contribution >= 0.6 is 11.6 Å². The van der Waals surface area contributed by atoms with Gasteiger partial charge in [0.1, 0.15) is 5.15 Å². The summed E-state index contributed by atoms with van der Waals surface area (Å²) in [4.78, 5) is 8.62. The Balaban J connectivity index is 2.13. The first kappa shape index (κ1) is 11.9. The summed E-state index contributed by atoms with van der Waals surface area (Å²) in [5.41, 5.74) is 1.74. The molecule has 3 aromatic rings. The maximum Gasteiger partial charge on any atom is 0.337 e. The van der Waals surface area contributed by atoms with Crippen LogP contribution in [0.2, 0.25) is 5.15 Å². The molecule has 0 fully saturated rings. The Bertz CT molecular complexity index is 711. The van der Waals surface area contributed by atoms with Gasteiger partial charge in [0.25, 0.3) is 5.78 Å². The molecule has 0 amide bonds. The van der Waals surface area contributed by atoms with Crippen LogP contribution in [0.1, 0.15) is 6.92 Å². The van der Waals surface area contributed by atoms with Gasteiger partial charge in [0.2, 0.25) is 0 Å². The van der Waals surface area contributed by atoms with Gasteiger partial charge in [-0.3, -0.25) is 0 Å². The van der Waals surface area contributed by atoms with E-state index in [1.54, 1.807) is 6.07 Å². The summed E-state index contributed by atoms with van der Waals surface area (Å²) in [7, 11) is 0. The molecule has 0 aliphatic carbocycles. The van der Waals surface area contributed by atoms with Crippen molar-refractivity contribution in [2.24, 2.45) is 0 Å². The largest absolute Gasteiger partial charge is 0.463 e. The fourth-order valence-electron chi connectivity index (χ4n) is 1.76. The summed E-state index contributed by atoms with van der Waals surface area (Å²) in [6, 6.07) is 11.8. The minimum absolute atomic E-state index is 0.280. The number of halogens is 1. The summed E-state index contributed by atoms with van der Waals surface area (Å²) in [6.45, 7) is 2.37. The van der Waals surface area contributed by atoms with Crippen LogP contribution in [0.4, 0.5) is 0 Å². The maximum atomic E-state index is 6.19. The van der Waals surface area contributed by atoms with Gasteiger partial charge in [-0.1, -0.05) is 41.9 Å². The predicted octanol–water partition coefficient (Wildman–Crippen LogP) is 2.84. The molecular weight excluding hydrogens is 264 g/mol. The van der Waals surface area contributed by atoms with Crippen LogP contribution in [0.5, 0.6) is 6.01 Å². The smallest absolute Gasteiger partial charge is 0.337 e. The third-order valence-electron chi connectivity index (χ3n) is 2.59. The van der Waals surface area contributed by atoms with Crippen molar-refractivity contribution in [3.63, 3.8) is 0 Å². The second kappa shape index (κ2) is 4.85. The third-order valence-corrected chi connectivity index (χ3v) is 2.86. The van der Waals surface area contributed by atoms with Gasteiger partial charge in [-0.2, -0.15) is 9.50 Å². The second-order valence-corrected chi connectivity index (χ2v) is 4.26. The van der Waals surface area contributed by atoms with E-state index in [1.165, 1.54) is 4.52 Å². The molecular formula is C13H11ClN4O. The minimum atomic E-state index is 0.280. The highest BCUT2D eigenvalue weighted by molar-refractivity contribution is 6.29. The van der Waals surface area contributed by atoms with Crippen LogP contribution in [-0.4, -0.2) is 26.2 Å². The van der Waals surface area contributed by atoms with Gasteiger partial charge in [-0.05, 0) is 6.92 Å². The fourth-order valence-corrected chi connectivity index (χ4v) is 1.98. The van der Waals surface area contributed by atoms with E-state index in [9.17, 15) is 0 Å². The van der Waals surface area contributed by atoms with Crippen molar-refractivity contribution in [2.45, 2.75) is 6.92 Å². The van der Waals surface area contributed by atoms with Gasteiger partial charge in [0.15, 0.2) is 0 Å². The van der Waals surface area contributed by atoms with Crippen molar-refractivity contribution < 1.29 is 4.74 Å². The molecule has 2 heterocycles.